The number of carbonyl (C=O) groups excluding carboxylic acids is 2. The molecule has 0 unspecified atom stereocenters. The molecule has 34 heavy (non-hydrogen) atoms. The monoisotopic (exact) mass is 456 g/mol. The fourth-order valence-corrected chi connectivity index (χ4v) is 5.83. The molecule has 0 atom stereocenters. The number of hydrogen-bond acceptors (Lipinski definition) is 5. The van der Waals surface area contributed by atoms with Crippen LogP contribution in [0.2, 0.25) is 0 Å². The molecule has 176 valence electrons. The Labute approximate surface area is 199 Å². The third kappa shape index (κ3) is 3.83. The SMILES string of the molecule is CC1(C)CC(OC(=O)CCC(=O)c2ccc3ccc4cccc5ccc2c3c45)CC(C)(C)N1[O-]. The average molecular weight is 457 g/mol. The van der Waals surface area contributed by atoms with Crippen LogP contribution in [-0.4, -0.2) is 34.0 Å². The van der Waals surface area contributed by atoms with E-state index in [0.717, 1.165) is 32.0 Å². The van der Waals surface area contributed by atoms with Crippen molar-refractivity contribution < 1.29 is 14.3 Å². The Morgan fingerprint density at radius 3 is 2.06 bits per heavy atom. The number of hydroxylamine groups is 2. The van der Waals surface area contributed by atoms with E-state index in [-0.39, 0.29) is 30.7 Å². The van der Waals surface area contributed by atoms with Crippen LogP contribution in [0.25, 0.3) is 32.3 Å². The Morgan fingerprint density at radius 2 is 1.41 bits per heavy atom. The van der Waals surface area contributed by atoms with Crippen LogP contribution < -0.4 is 0 Å². The van der Waals surface area contributed by atoms with Crippen LogP contribution in [-0.2, 0) is 9.53 Å². The lowest BCUT2D eigenvalue weighted by Crippen LogP contribution is -2.59. The van der Waals surface area contributed by atoms with Crippen LogP contribution in [0, 0.1) is 5.21 Å². The molecule has 1 heterocycles. The van der Waals surface area contributed by atoms with Gasteiger partial charge in [-0.1, -0.05) is 54.6 Å². The molecule has 0 N–H and O–H groups in total. The van der Waals surface area contributed by atoms with Crippen molar-refractivity contribution in [2.75, 3.05) is 0 Å². The minimum atomic E-state index is -0.607. The first kappa shape index (κ1) is 22.8. The summed E-state index contributed by atoms with van der Waals surface area (Å²) >= 11 is 0. The molecule has 1 aliphatic heterocycles. The van der Waals surface area contributed by atoms with E-state index in [4.69, 9.17) is 4.74 Å². The lowest BCUT2D eigenvalue weighted by molar-refractivity contribution is -0.157. The lowest BCUT2D eigenvalue weighted by atomic mass is 9.80. The topological polar surface area (TPSA) is 69.7 Å². The maximum absolute atomic E-state index is 13.2. The fourth-order valence-electron chi connectivity index (χ4n) is 5.83. The van der Waals surface area contributed by atoms with Crippen molar-refractivity contribution in [2.45, 2.75) is 70.6 Å². The normalized spacial score (nSPS) is 18.6. The molecule has 5 nitrogen and oxygen atoms in total. The van der Waals surface area contributed by atoms with Gasteiger partial charge in [-0.25, -0.2) is 0 Å². The van der Waals surface area contributed by atoms with Crippen molar-refractivity contribution in [3.05, 3.63) is 65.4 Å². The number of ketones is 1. The smallest absolute Gasteiger partial charge is 0.306 e. The van der Waals surface area contributed by atoms with Crippen LogP contribution in [0.3, 0.4) is 0 Å². The van der Waals surface area contributed by atoms with E-state index in [9.17, 15) is 14.8 Å². The first-order chi connectivity index (χ1) is 16.1. The number of ether oxygens (including phenoxy) is 1. The fraction of sp³-hybridized carbons (Fsp3) is 0.379. The van der Waals surface area contributed by atoms with E-state index in [1.165, 1.54) is 5.39 Å². The summed E-state index contributed by atoms with van der Waals surface area (Å²) < 4.78 is 5.72. The van der Waals surface area contributed by atoms with Gasteiger partial charge in [-0.05, 0) is 60.0 Å². The van der Waals surface area contributed by atoms with E-state index in [1.54, 1.807) is 0 Å². The van der Waals surface area contributed by atoms with E-state index >= 15 is 0 Å². The van der Waals surface area contributed by atoms with Gasteiger partial charge in [0.15, 0.2) is 5.78 Å². The molecule has 0 spiro atoms. The summed E-state index contributed by atoms with van der Waals surface area (Å²) in [6, 6.07) is 18.3. The Bertz CT molecular complexity index is 1370. The number of benzene rings is 4. The van der Waals surface area contributed by atoms with E-state index in [2.05, 4.69) is 30.3 Å². The molecule has 5 rings (SSSR count). The molecule has 1 saturated heterocycles. The van der Waals surface area contributed by atoms with Crippen molar-refractivity contribution in [1.29, 1.82) is 0 Å². The standard InChI is InChI=1S/C29H30NO4/c1-28(2)16-21(17-29(3,4)30(28)33)34-25(32)15-14-24(31)22-12-10-20-9-8-18-6-5-7-19-11-13-23(22)27(20)26(18)19/h5-13,21H,14-17H2,1-4H3/q-1. The molecular weight excluding hydrogens is 426 g/mol. The first-order valence-electron chi connectivity index (χ1n) is 11.9. The Morgan fingerprint density at radius 1 is 0.853 bits per heavy atom. The van der Waals surface area contributed by atoms with Gasteiger partial charge >= 0.3 is 5.97 Å². The van der Waals surface area contributed by atoms with Crippen molar-refractivity contribution >= 4 is 44.1 Å². The number of Topliss-reactive ketones (excluding diaryl/α,β-unsaturated/α-hetero) is 1. The van der Waals surface area contributed by atoms with Crippen molar-refractivity contribution in [3.8, 4) is 0 Å². The molecule has 1 fully saturated rings. The quantitative estimate of drug-likeness (QED) is 0.192. The molecule has 0 aliphatic carbocycles. The van der Waals surface area contributed by atoms with Gasteiger partial charge in [-0.3, -0.25) is 9.59 Å². The number of rotatable bonds is 5. The van der Waals surface area contributed by atoms with Gasteiger partial charge in [0, 0.05) is 35.9 Å². The molecule has 0 saturated carbocycles. The highest BCUT2D eigenvalue weighted by molar-refractivity contribution is 6.26. The largest absolute Gasteiger partial charge is 0.784 e. The minimum absolute atomic E-state index is 0.0270. The van der Waals surface area contributed by atoms with Crippen molar-refractivity contribution in [2.24, 2.45) is 0 Å². The zero-order valence-electron chi connectivity index (χ0n) is 20.2. The summed E-state index contributed by atoms with van der Waals surface area (Å²) in [6.07, 6.45) is 0.755. The Kier molecular flexibility index (Phi) is 5.38. The number of hydrogen-bond donors (Lipinski definition) is 0. The van der Waals surface area contributed by atoms with Crippen LogP contribution in [0.1, 0.15) is 63.7 Å². The number of carbonyl (C=O) groups is 2. The van der Waals surface area contributed by atoms with Gasteiger partial charge in [0.2, 0.25) is 0 Å². The van der Waals surface area contributed by atoms with Crippen LogP contribution in [0.5, 0.6) is 0 Å². The zero-order chi connectivity index (χ0) is 24.3. The maximum atomic E-state index is 13.2. The molecule has 5 heteroatoms. The highest BCUT2D eigenvalue weighted by atomic mass is 16.5. The molecular formula is C29H30NO4-. The van der Waals surface area contributed by atoms with Gasteiger partial charge < -0.3 is 15.0 Å². The summed E-state index contributed by atoms with van der Waals surface area (Å²) in [6.45, 7) is 7.50. The lowest BCUT2D eigenvalue weighted by Gasteiger charge is -2.59. The molecule has 0 radical (unpaired) electrons. The van der Waals surface area contributed by atoms with E-state index in [1.807, 2.05) is 52.0 Å². The summed E-state index contributed by atoms with van der Waals surface area (Å²) in [7, 11) is 0. The number of nitrogens with zero attached hydrogens (tertiary/aromatic N) is 1. The minimum Gasteiger partial charge on any atom is -0.784 e. The highest BCUT2D eigenvalue weighted by Gasteiger charge is 2.41. The van der Waals surface area contributed by atoms with Crippen LogP contribution in [0.4, 0.5) is 0 Å². The van der Waals surface area contributed by atoms with Crippen LogP contribution in [0.15, 0.2) is 54.6 Å². The Hall–Kier alpha value is -3.02. The summed E-state index contributed by atoms with van der Waals surface area (Å²) in [4.78, 5) is 25.8. The summed E-state index contributed by atoms with van der Waals surface area (Å²) in [5.41, 5.74) is -0.574. The third-order valence-corrected chi connectivity index (χ3v) is 7.24. The molecule has 0 aromatic heterocycles. The second-order valence-corrected chi connectivity index (χ2v) is 10.8. The summed E-state index contributed by atoms with van der Waals surface area (Å²) in [5, 5.41) is 20.2. The molecule has 0 amide bonds. The second-order valence-electron chi connectivity index (χ2n) is 10.8. The maximum Gasteiger partial charge on any atom is 0.306 e. The van der Waals surface area contributed by atoms with Crippen molar-refractivity contribution in [1.82, 2.24) is 5.06 Å². The molecule has 4 aromatic carbocycles. The molecule has 4 aromatic rings. The molecule has 0 bridgehead atoms. The van der Waals surface area contributed by atoms with Gasteiger partial charge in [-0.15, -0.1) is 0 Å². The summed E-state index contributed by atoms with van der Waals surface area (Å²) in [5.74, 6) is -0.452. The highest BCUT2D eigenvalue weighted by Crippen LogP contribution is 2.39. The van der Waals surface area contributed by atoms with Gasteiger partial charge in [-0.2, -0.15) is 0 Å². The first-order valence-corrected chi connectivity index (χ1v) is 11.9. The van der Waals surface area contributed by atoms with Crippen molar-refractivity contribution in [3.63, 3.8) is 0 Å². The van der Waals surface area contributed by atoms with E-state index < -0.39 is 11.1 Å². The van der Waals surface area contributed by atoms with E-state index in [0.29, 0.717) is 18.4 Å². The second kappa shape index (κ2) is 8.03. The number of piperidine rings is 1. The van der Waals surface area contributed by atoms with Gasteiger partial charge in [0.05, 0.1) is 6.42 Å². The predicted octanol–water partition coefficient (Wildman–Crippen LogP) is 6.61. The zero-order valence-corrected chi connectivity index (χ0v) is 20.2. The molecule has 1 aliphatic rings. The van der Waals surface area contributed by atoms with Gasteiger partial charge in [0.25, 0.3) is 0 Å². The predicted molar refractivity (Wildman–Crippen MR) is 136 cm³/mol. The Balaban J connectivity index is 1.33. The van der Waals surface area contributed by atoms with Crippen LogP contribution >= 0.6 is 0 Å². The van der Waals surface area contributed by atoms with Gasteiger partial charge in [0.1, 0.15) is 6.10 Å². The average Bonchev–Trinajstić information content (AvgIpc) is 2.79. The third-order valence-electron chi connectivity index (χ3n) is 7.24. The number of esters is 1.